The third-order valence-corrected chi connectivity index (χ3v) is 4.69. The smallest absolute Gasteiger partial charge is 0.150 e. The SMILES string of the molecule is CC(C)(c1ccccc1)c1ccc(OCCOc2cccc(C=O)c2)cc1. The van der Waals surface area contributed by atoms with Gasteiger partial charge in [-0.25, -0.2) is 0 Å². The van der Waals surface area contributed by atoms with Crippen molar-refractivity contribution in [2.75, 3.05) is 13.2 Å². The van der Waals surface area contributed by atoms with Crippen LogP contribution in [0.3, 0.4) is 0 Å². The molecule has 0 aliphatic rings. The second-order valence-electron chi connectivity index (χ2n) is 6.90. The number of aldehydes is 1. The van der Waals surface area contributed by atoms with Crippen molar-refractivity contribution in [3.8, 4) is 11.5 Å². The number of benzene rings is 3. The summed E-state index contributed by atoms with van der Waals surface area (Å²) in [5, 5.41) is 0. The van der Waals surface area contributed by atoms with Gasteiger partial charge in [-0.15, -0.1) is 0 Å². The van der Waals surface area contributed by atoms with Crippen LogP contribution in [0.2, 0.25) is 0 Å². The fourth-order valence-corrected chi connectivity index (χ4v) is 2.99. The van der Waals surface area contributed by atoms with Crippen molar-refractivity contribution in [1.82, 2.24) is 0 Å². The molecular weight excluding hydrogens is 336 g/mol. The van der Waals surface area contributed by atoms with Gasteiger partial charge in [-0.05, 0) is 35.4 Å². The molecule has 0 N–H and O–H groups in total. The third-order valence-electron chi connectivity index (χ3n) is 4.69. The molecule has 0 bridgehead atoms. The van der Waals surface area contributed by atoms with Gasteiger partial charge in [0, 0.05) is 11.0 Å². The Labute approximate surface area is 160 Å². The highest BCUT2D eigenvalue weighted by Gasteiger charge is 2.22. The van der Waals surface area contributed by atoms with E-state index in [9.17, 15) is 4.79 Å². The van der Waals surface area contributed by atoms with Crippen LogP contribution >= 0.6 is 0 Å². The molecule has 0 atom stereocenters. The van der Waals surface area contributed by atoms with Gasteiger partial charge in [-0.3, -0.25) is 4.79 Å². The van der Waals surface area contributed by atoms with Crippen molar-refractivity contribution < 1.29 is 14.3 Å². The monoisotopic (exact) mass is 360 g/mol. The molecule has 0 amide bonds. The summed E-state index contributed by atoms with van der Waals surface area (Å²) < 4.78 is 11.4. The van der Waals surface area contributed by atoms with Crippen molar-refractivity contribution in [2.24, 2.45) is 0 Å². The van der Waals surface area contributed by atoms with Gasteiger partial charge in [0.25, 0.3) is 0 Å². The second-order valence-corrected chi connectivity index (χ2v) is 6.90. The Morgan fingerprint density at radius 2 is 1.37 bits per heavy atom. The first-order valence-corrected chi connectivity index (χ1v) is 9.06. The summed E-state index contributed by atoms with van der Waals surface area (Å²) in [5.41, 5.74) is 3.06. The van der Waals surface area contributed by atoms with E-state index in [1.807, 2.05) is 24.3 Å². The van der Waals surface area contributed by atoms with Crippen LogP contribution in [0.25, 0.3) is 0 Å². The highest BCUT2D eigenvalue weighted by Crippen LogP contribution is 2.32. The molecule has 3 aromatic rings. The summed E-state index contributed by atoms with van der Waals surface area (Å²) >= 11 is 0. The highest BCUT2D eigenvalue weighted by atomic mass is 16.5. The number of carbonyl (C=O) groups is 1. The van der Waals surface area contributed by atoms with E-state index < -0.39 is 0 Å². The largest absolute Gasteiger partial charge is 0.490 e. The first kappa shape index (κ1) is 18.7. The maximum atomic E-state index is 10.8. The molecule has 0 aliphatic heterocycles. The zero-order chi connectivity index (χ0) is 19.1. The van der Waals surface area contributed by atoms with Crippen LogP contribution in [0.15, 0.2) is 78.9 Å². The van der Waals surface area contributed by atoms with Gasteiger partial charge < -0.3 is 9.47 Å². The Morgan fingerprint density at radius 3 is 2.04 bits per heavy atom. The maximum Gasteiger partial charge on any atom is 0.150 e. The molecule has 0 fully saturated rings. The van der Waals surface area contributed by atoms with Crippen LogP contribution in [0.4, 0.5) is 0 Å². The molecule has 0 aromatic heterocycles. The van der Waals surface area contributed by atoms with E-state index in [1.54, 1.807) is 18.2 Å². The lowest BCUT2D eigenvalue weighted by molar-refractivity contribution is 0.112. The van der Waals surface area contributed by atoms with Gasteiger partial charge in [0.05, 0.1) is 0 Å². The molecule has 0 spiro atoms. The molecule has 3 nitrogen and oxygen atoms in total. The van der Waals surface area contributed by atoms with Crippen LogP contribution in [-0.2, 0) is 5.41 Å². The Morgan fingerprint density at radius 1 is 0.741 bits per heavy atom. The molecule has 0 aliphatic carbocycles. The molecule has 138 valence electrons. The minimum absolute atomic E-state index is 0.0630. The van der Waals surface area contributed by atoms with Crippen LogP contribution in [0.1, 0.15) is 35.3 Å². The first-order valence-electron chi connectivity index (χ1n) is 9.06. The molecular formula is C24H24O3. The van der Waals surface area contributed by atoms with Crippen molar-refractivity contribution >= 4 is 6.29 Å². The van der Waals surface area contributed by atoms with Crippen molar-refractivity contribution in [2.45, 2.75) is 19.3 Å². The second kappa shape index (κ2) is 8.54. The molecule has 0 saturated carbocycles. The van der Waals surface area contributed by atoms with E-state index in [1.165, 1.54) is 11.1 Å². The first-order chi connectivity index (χ1) is 13.1. The van der Waals surface area contributed by atoms with Crippen LogP contribution < -0.4 is 9.47 Å². The number of hydrogen-bond donors (Lipinski definition) is 0. The molecule has 0 heterocycles. The summed E-state index contributed by atoms with van der Waals surface area (Å²) in [4.78, 5) is 10.8. The van der Waals surface area contributed by atoms with E-state index >= 15 is 0 Å². The third kappa shape index (κ3) is 4.76. The molecule has 3 heteroatoms. The van der Waals surface area contributed by atoms with Crippen molar-refractivity contribution in [3.63, 3.8) is 0 Å². The Balaban J connectivity index is 1.54. The van der Waals surface area contributed by atoms with Crippen molar-refractivity contribution in [1.29, 1.82) is 0 Å². The molecule has 0 saturated heterocycles. The van der Waals surface area contributed by atoms with Crippen molar-refractivity contribution in [3.05, 3.63) is 95.6 Å². The van der Waals surface area contributed by atoms with E-state index in [0.717, 1.165) is 12.0 Å². The maximum absolute atomic E-state index is 10.8. The molecule has 0 radical (unpaired) electrons. The average molecular weight is 360 g/mol. The Hall–Kier alpha value is -3.07. The molecule has 0 unspecified atom stereocenters. The van der Waals surface area contributed by atoms with Gasteiger partial charge in [0.1, 0.15) is 31.0 Å². The number of hydrogen-bond acceptors (Lipinski definition) is 3. The quantitative estimate of drug-likeness (QED) is 0.405. The summed E-state index contributed by atoms with van der Waals surface area (Å²) in [5.74, 6) is 1.48. The van der Waals surface area contributed by atoms with Gasteiger partial charge in [0.15, 0.2) is 0 Å². The van der Waals surface area contributed by atoms with Crippen LogP contribution in [-0.4, -0.2) is 19.5 Å². The molecule has 3 aromatic carbocycles. The number of ether oxygens (including phenoxy) is 2. The van der Waals surface area contributed by atoms with Crippen LogP contribution in [0, 0.1) is 0 Å². The lowest BCUT2D eigenvalue weighted by Gasteiger charge is -2.26. The summed E-state index contributed by atoms with van der Waals surface area (Å²) in [7, 11) is 0. The summed E-state index contributed by atoms with van der Waals surface area (Å²) in [6.45, 7) is 5.30. The standard InChI is InChI=1S/C24H24O3/c1-24(2,20-8-4-3-5-9-20)21-11-13-22(14-12-21)26-15-16-27-23-10-6-7-19(17-23)18-25/h3-14,17-18H,15-16H2,1-2H3. The fourth-order valence-electron chi connectivity index (χ4n) is 2.99. The number of rotatable bonds is 8. The lowest BCUT2D eigenvalue weighted by Crippen LogP contribution is -2.18. The summed E-state index contributed by atoms with van der Waals surface area (Å²) in [6.07, 6.45) is 0.807. The zero-order valence-electron chi connectivity index (χ0n) is 15.7. The van der Waals surface area contributed by atoms with E-state index in [0.29, 0.717) is 24.5 Å². The normalized spacial score (nSPS) is 11.0. The lowest BCUT2D eigenvalue weighted by atomic mass is 9.78. The van der Waals surface area contributed by atoms with Gasteiger partial charge in [-0.1, -0.05) is 68.4 Å². The van der Waals surface area contributed by atoms with Gasteiger partial charge >= 0.3 is 0 Å². The van der Waals surface area contributed by atoms with Gasteiger partial charge in [-0.2, -0.15) is 0 Å². The van der Waals surface area contributed by atoms with E-state index in [2.05, 4.69) is 50.2 Å². The Bertz CT molecular complexity index is 868. The van der Waals surface area contributed by atoms with Gasteiger partial charge in [0.2, 0.25) is 0 Å². The molecule has 3 rings (SSSR count). The summed E-state index contributed by atoms with van der Waals surface area (Å²) in [6, 6.07) is 25.8. The van der Waals surface area contributed by atoms with E-state index in [-0.39, 0.29) is 5.41 Å². The Kier molecular flexibility index (Phi) is 5.92. The van der Waals surface area contributed by atoms with E-state index in [4.69, 9.17) is 9.47 Å². The van der Waals surface area contributed by atoms with Crippen LogP contribution in [0.5, 0.6) is 11.5 Å². The average Bonchev–Trinajstić information content (AvgIpc) is 2.72. The zero-order valence-corrected chi connectivity index (χ0v) is 15.7. The predicted molar refractivity (Wildman–Crippen MR) is 108 cm³/mol. The number of carbonyl (C=O) groups excluding carboxylic acids is 1. The molecule has 27 heavy (non-hydrogen) atoms. The predicted octanol–water partition coefficient (Wildman–Crippen LogP) is 5.28. The minimum atomic E-state index is -0.0630. The highest BCUT2D eigenvalue weighted by molar-refractivity contribution is 5.75. The minimum Gasteiger partial charge on any atom is -0.490 e. The topological polar surface area (TPSA) is 35.5 Å². The fraction of sp³-hybridized carbons (Fsp3) is 0.208.